The molecule has 0 bridgehead atoms. The summed E-state index contributed by atoms with van der Waals surface area (Å²) in [5, 5.41) is 8.78. The molecule has 21 heavy (non-hydrogen) atoms. The quantitative estimate of drug-likeness (QED) is 0.904. The fourth-order valence-corrected chi connectivity index (χ4v) is 1.97. The highest BCUT2D eigenvalue weighted by atomic mass is 19.4. The van der Waals surface area contributed by atoms with Gasteiger partial charge in [0.25, 0.3) is 0 Å². The Bertz CT molecular complexity index is 591. The van der Waals surface area contributed by atoms with Crippen LogP contribution >= 0.6 is 0 Å². The van der Waals surface area contributed by atoms with Crippen molar-refractivity contribution in [1.82, 2.24) is 14.3 Å². The van der Waals surface area contributed by atoms with Gasteiger partial charge in [0.1, 0.15) is 12.2 Å². The van der Waals surface area contributed by atoms with Gasteiger partial charge in [0.2, 0.25) is 5.91 Å². The van der Waals surface area contributed by atoms with E-state index in [9.17, 15) is 18.0 Å². The second kappa shape index (κ2) is 6.13. The van der Waals surface area contributed by atoms with E-state index in [1.54, 1.807) is 35.0 Å². The maximum Gasteiger partial charge on any atom is 0.406 e. The summed E-state index contributed by atoms with van der Waals surface area (Å²) < 4.78 is 38.9. The van der Waals surface area contributed by atoms with Gasteiger partial charge in [0.05, 0.1) is 18.7 Å². The van der Waals surface area contributed by atoms with E-state index in [1.807, 2.05) is 0 Å². The summed E-state index contributed by atoms with van der Waals surface area (Å²) in [5.74, 6) is -0.718. The predicted octanol–water partition coefficient (Wildman–Crippen LogP) is 1.26. The smallest absolute Gasteiger partial charge is 0.395 e. The largest absolute Gasteiger partial charge is 0.406 e. The molecule has 0 unspecified atom stereocenters. The third-order valence-electron chi connectivity index (χ3n) is 2.84. The minimum Gasteiger partial charge on any atom is -0.395 e. The minimum atomic E-state index is -4.50. The van der Waals surface area contributed by atoms with Gasteiger partial charge in [0.15, 0.2) is 0 Å². The number of aliphatic hydroxyl groups is 1. The highest BCUT2D eigenvalue weighted by Crippen LogP contribution is 2.17. The van der Waals surface area contributed by atoms with Crippen LogP contribution in [-0.4, -0.2) is 51.2 Å². The van der Waals surface area contributed by atoms with Gasteiger partial charge in [-0.15, -0.1) is 0 Å². The van der Waals surface area contributed by atoms with Crippen LogP contribution in [0.4, 0.5) is 13.2 Å². The first-order valence-corrected chi connectivity index (χ1v) is 6.27. The van der Waals surface area contributed by atoms with Crippen LogP contribution in [0.1, 0.15) is 5.69 Å². The molecule has 114 valence electrons. The van der Waals surface area contributed by atoms with Crippen molar-refractivity contribution >= 4 is 11.6 Å². The van der Waals surface area contributed by atoms with Crippen molar-refractivity contribution in [1.29, 1.82) is 0 Å². The monoisotopic (exact) mass is 301 g/mol. The molecule has 1 amide bonds. The predicted molar refractivity (Wildman–Crippen MR) is 68.6 cm³/mol. The molecule has 2 heterocycles. The standard InChI is InChI=1S/C13H14F3N3O2/c14-13(15,16)9-19(5-6-20)12(21)7-10-8-18-4-2-1-3-11(18)17-10/h1-4,8,20H,5-7,9H2. The van der Waals surface area contributed by atoms with E-state index in [1.165, 1.54) is 0 Å². The van der Waals surface area contributed by atoms with Crippen molar-refractivity contribution in [2.75, 3.05) is 19.7 Å². The third kappa shape index (κ3) is 4.19. The molecule has 0 spiro atoms. The zero-order valence-corrected chi connectivity index (χ0v) is 11.0. The van der Waals surface area contributed by atoms with Gasteiger partial charge >= 0.3 is 6.18 Å². The number of pyridine rings is 1. The van der Waals surface area contributed by atoms with Crippen molar-refractivity contribution in [3.05, 3.63) is 36.3 Å². The summed E-state index contributed by atoms with van der Waals surface area (Å²) in [6.07, 6.45) is -1.41. The number of nitrogens with zero attached hydrogens (tertiary/aromatic N) is 3. The van der Waals surface area contributed by atoms with Crippen LogP contribution < -0.4 is 0 Å². The summed E-state index contributed by atoms with van der Waals surface area (Å²) in [6, 6.07) is 5.28. The van der Waals surface area contributed by atoms with E-state index in [-0.39, 0.29) is 13.0 Å². The van der Waals surface area contributed by atoms with Crippen molar-refractivity contribution in [2.45, 2.75) is 12.6 Å². The highest BCUT2D eigenvalue weighted by molar-refractivity contribution is 5.78. The first kappa shape index (κ1) is 15.3. The van der Waals surface area contributed by atoms with Crippen LogP contribution in [0, 0.1) is 0 Å². The molecule has 0 atom stereocenters. The maximum atomic E-state index is 12.4. The Kier molecular flexibility index (Phi) is 4.46. The van der Waals surface area contributed by atoms with E-state index in [0.717, 1.165) is 0 Å². The second-order valence-electron chi connectivity index (χ2n) is 4.53. The van der Waals surface area contributed by atoms with Crippen LogP contribution in [0.25, 0.3) is 5.65 Å². The van der Waals surface area contributed by atoms with Gasteiger partial charge in [0, 0.05) is 18.9 Å². The molecule has 0 aliphatic carbocycles. The number of halogens is 3. The molecule has 0 aliphatic rings. The Labute approximate surface area is 118 Å². The zero-order valence-electron chi connectivity index (χ0n) is 11.0. The molecule has 0 fully saturated rings. The van der Waals surface area contributed by atoms with Crippen LogP contribution in [-0.2, 0) is 11.2 Å². The number of carbonyl (C=O) groups excluding carboxylic acids is 1. The summed E-state index contributed by atoms with van der Waals surface area (Å²) in [7, 11) is 0. The van der Waals surface area contributed by atoms with Gasteiger partial charge in [-0.2, -0.15) is 13.2 Å². The summed E-state index contributed by atoms with van der Waals surface area (Å²) >= 11 is 0. The maximum absolute atomic E-state index is 12.4. The second-order valence-corrected chi connectivity index (χ2v) is 4.53. The molecule has 8 heteroatoms. The highest BCUT2D eigenvalue weighted by Gasteiger charge is 2.32. The lowest BCUT2D eigenvalue weighted by Crippen LogP contribution is -2.41. The average molecular weight is 301 g/mol. The number of imidazole rings is 1. The Morgan fingerprint density at radius 3 is 2.76 bits per heavy atom. The van der Waals surface area contributed by atoms with Gasteiger partial charge in [-0.1, -0.05) is 6.07 Å². The van der Waals surface area contributed by atoms with E-state index in [0.29, 0.717) is 16.2 Å². The topological polar surface area (TPSA) is 57.8 Å². The fraction of sp³-hybridized carbons (Fsp3) is 0.385. The van der Waals surface area contributed by atoms with Crippen LogP contribution in [0.3, 0.4) is 0 Å². The molecule has 0 saturated carbocycles. The van der Waals surface area contributed by atoms with Gasteiger partial charge in [-0.25, -0.2) is 4.98 Å². The molecule has 1 N–H and O–H groups in total. The van der Waals surface area contributed by atoms with Crippen LogP contribution in [0.2, 0.25) is 0 Å². The number of fused-ring (bicyclic) bond motifs is 1. The lowest BCUT2D eigenvalue weighted by atomic mass is 10.3. The van der Waals surface area contributed by atoms with Crippen molar-refractivity contribution < 1.29 is 23.1 Å². The van der Waals surface area contributed by atoms with E-state index in [4.69, 9.17) is 5.11 Å². The first-order chi connectivity index (χ1) is 9.89. The Hall–Kier alpha value is -2.09. The van der Waals surface area contributed by atoms with Gasteiger partial charge in [-0.05, 0) is 12.1 Å². The molecular formula is C13H14F3N3O2. The number of hydrogen-bond donors (Lipinski definition) is 1. The minimum absolute atomic E-state index is 0.238. The molecule has 0 aromatic carbocycles. The Morgan fingerprint density at radius 2 is 2.14 bits per heavy atom. The Morgan fingerprint density at radius 1 is 1.38 bits per heavy atom. The lowest BCUT2D eigenvalue weighted by Gasteiger charge is -2.22. The number of amides is 1. The van der Waals surface area contributed by atoms with Gasteiger partial charge < -0.3 is 14.4 Å². The SMILES string of the molecule is O=C(Cc1cn2ccccc2n1)N(CCO)CC(F)(F)F. The number of aromatic nitrogens is 2. The molecule has 0 saturated heterocycles. The number of hydrogen-bond acceptors (Lipinski definition) is 3. The normalized spacial score (nSPS) is 11.8. The molecule has 5 nitrogen and oxygen atoms in total. The first-order valence-electron chi connectivity index (χ1n) is 6.27. The fourth-order valence-electron chi connectivity index (χ4n) is 1.97. The molecule has 0 aliphatic heterocycles. The summed E-state index contributed by atoms with van der Waals surface area (Å²) in [5.41, 5.74) is 1.00. The van der Waals surface area contributed by atoms with E-state index < -0.39 is 25.2 Å². The number of carbonyl (C=O) groups is 1. The van der Waals surface area contributed by atoms with Crippen molar-refractivity contribution in [3.63, 3.8) is 0 Å². The Balaban J connectivity index is 2.10. The van der Waals surface area contributed by atoms with Crippen LogP contribution in [0.5, 0.6) is 0 Å². The summed E-state index contributed by atoms with van der Waals surface area (Å²) in [6.45, 7) is -2.25. The zero-order chi connectivity index (χ0) is 15.5. The van der Waals surface area contributed by atoms with Crippen molar-refractivity contribution in [2.24, 2.45) is 0 Å². The number of aliphatic hydroxyl groups excluding tert-OH is 1. The van der Waals surface area contributed by atoms with E-state index >= 15 is 0 Å². The molecule has 2 aromatic heterocycles. The third-order valence-corrected chi connectivity index (χ3v) is 2.84. The average Bonchev–Trinajstić information content (AvgIpc) is 2.78. The van der Waals surface area contributed by atoms with Crippen LogP contribution in [0.15, 0.2) is 30.6 Å². The van der Waals surface area contributed by atoms with E-state index in [2.05, 4.69) is 4.98 Å². The summed E-state index contributed by atoms with van der Waals surface area (Å²) in [4.78, 5) is 16.7. The molecule has 2 rings (SSSR count). The number of rotatable bonds is 5. The molecular weight excluding hydrogens is 287 g/mol. The molecule has 2 aromatic rings. The number of alkyl halides is 3. The van der Waals surface area contributed by atoms with Gasteiger partial charge in [-0.3, -0.25) is 4.79 Å². The van der Waals surface area contributed by atoms with Crippen molar-refractivity contribution in [3.8, 4) is 0 Å². The lowest BCUT2D eigenvalue weighted by molar-refractivity contribution is -0.161. The molecule has 0 radical (unpaired) electrons.